The third-order valence-corrected chi connectivity index (χ3v) is 3.78. The quantitative estimate of drug-likeness (QED) is 0.852. The average molecular weight is 291 g/mol. The average Bonchev–Trinajstić information content (AvgIpc) is 2.55. The van der Waals surface area contributed by atoms with E-state index < -0.39 is 17.4 Å². The van der Waals surface area contributed by atoms with E-state index in [0.717, 1.165) is 0 Å². The van der Waals surface area contributed by atoms with Gasteiger partial charge in [0.25, 0.3) is 0 Å². The van der Waals surface area contributed by atoms with Gasteiger partial charge >= 0.3 is 11.9 Å². The van der Waals surface area contributed by atoms with Crippen molar-refractivity contribution in [2.45, 2.75) is 24.7 Å². The van der Waals surface area contributed by atoms with E-state index in [4.69, 9.17) is 4.74 Å². The van der Waals surface area contributed by atoms with Crippen molar-refractivity contribution in [1.82, 2.24) is 4.98 Å². The standard InChI is InChI=1S/C15H17NO5/c1-20-13(18)10-9-15(14(19)21-2,7-6-11(10)17)12-5-3-4-8-16-12/h3-5,8,17H,6-7,9H2,1-2H3. The molecule has 1 aliphatic carbocycles. The normalized spacial score (nSPS) is 21.8. The van der Waals surface area contributed by atoms with E-state index in [2.05, 4.69) is 9.72 Å². The molecule has 0 bridgehead atoms. The second kappa shape index (κ2) is 5.95. The maximum Gasteiger partial charge on any atom is 0.337 e. The van der Waals surface area contributed by atoms with Crippen LogP contribution in [-0.4, -0.2) is 36.2 Å². The summed E-state index contributed by atoms with van der Waals surface area (Å²) < 4.78 is 9.58. The van der Waals surface area contributed by atoms with E-state index in [9.17, 15) is 14.7 Å². The lowest BCUT2D eigenvalue weighted by atomic mass is 9.70. The Morgan fingerprint density at radius 2 is 2.05 bits per heavy atom. The Kier molecular flexibility index (Phi) is 4.26. The zero-order valence-corrected chi connectivity index (χ0v) is 12.0. The SMILES string of the molecule is COC(=O)C1=C(O)CCC(C(=O)OC)(c2ccccn2)C1. The molecule has 1 aromatic rings. The molecule has 1 atom stereocenters. The van der Waals surface area contributed by atoms with Gasteiger partial charge in [-0.3, -0.25) is 9.78 Å². The van der Waals surface area contributed by atoms with E-state index in [-0.39, 0.29) is 24.2 Å². The highest BCUT2D eigenvalue weighted by atomic mass is 16.5. The first-order valence-corrected chi connectivity index (χ1v) is 6.54. The van der Waals surface area contributed by atoms with Crippen LogP contribution in [0.4, 0.5) is 0 Å². The monoisotopic (exact) mass is 291 g/mol. The molecule has 112 valence electrons. The van der Waals surface area contributed by atoms with Crippen molar-refractivity contribution in [2.75, 3.05) is 14.2 Å². The number of pyridine rings is 1. The second-order valence-electron chi connectivity index (χ2n) is 4.88. The molecule has 0 aliphatic heterocycles. The number of methoxy groups -OCH3 is 2. The van der Waals surface area contributed by atoms with Gasteiger partial charge < -0.3 is 14.6 Å². The number of esters is 2. The summed E-state index contributed by atoms with van der Waals surface area (Å²) in [5.74, 6) is -1.16. The van der Waals surface area contributed by atoms with Crippen molar-refractivity contribution < 1.29 is 24.2 Å². The number of aromatic nitrogens is 1. The number of allylic oxidation sites excluding steroid dienone is 1. The van der Waals surface area contributed by atoms with Gasteiger partial charge in [0, 0.05) is 19.0 Å². The van der Waals surface area contributed by atoms with Crippen LogP contribution >= 0.6 is 0 Å². The molecule has 0 spiro atoms. The van der Waals surface area contributed by atoms with Crippen LogP contribution in [0.15, 0.2) is 35.7 Å². The number of ether oxygens (including phenoxy) is 2. The molecule has 0 radical (unpaired) electrons. The van der Waals surface area contributed by atoms with Crippen molar-refractivity contribution in [3.8, 4) is 0 Å². The molecule has 0 saturated carbocycles. The molecule has 1 aromatic heterocycles. The summed E-state index contributed by atoms with van der Waals surface area (Å²) in [6, 6.07) is 5.23. The number of aliphatic hydroxyl groups excluding tert-OH is 1. The first kappa shape index (κ1) is 15.0. The highest BCUT2D eigenvalue weighted by Gasteiger charge is 2.47. The fraction of sp³-hybridized carbons (Fsp3) is 0.400. The Labute approximate surface area is 122 Å². The molecule has 0 aromatic carbocycles. The molecule has 1 N–H and O–H groups in total. The third-order valence-electron chi connectivity index (χ3n) is 3.78. The number of hydrogen-bond acceptors (Lipinski definition) is 6. The molecule has 6 nitrogen and oxygen atoms in total. The predicted molar refractivity (Wildman–Crippen MR) is 73.5 cm³/mol. The molecule has 2 rings (SSSR count). The van der Waals surface area contributed by atoms with Gasteiger partial charge in [-0.2, -0.15) is 0 Å². The molecule has 1 aliphatic rings. The van der Waals surface area contributed by atoms with Crippen molar-refractivity contribution in [1.29, 1.82) is 0 Å². The van der Waals surface area contributed by atoms with Crippen LogP contribution in [0, 0.1) is 0 Å². The smallest absolute Gasteiger partial charge is 0.337 e. The topological polar surface area (TPSA) is 85.7 Å². The number of carbonyl (C=O) groups is 2. The number of rotatable bonds is 3. The maximum absolute atomic E-state index is 12.3. The van der Waals surface area contributed by atoms with Crippen molar-refractivity contribution in [3.05, 3.63) is 41.4 Å². The van der Waals surface area contributed by atoms with E-state index in [1.54, 1.807) is 24.4 Å². The van der Waals surface area contributed by atoms with Gasteiger partial charge in [-0.25, -0.2) is 4.79 Å². The Morgan fingerprint density at radius 3 is 2.62 bits per heavy atom. The van der Waals surface area contributed by atoms with Crippen LogP contribution in [0.5, 0.6) is 0 Å². The van der Waals surface area contributed by atoms with E-state index in [0.29, 0.717) is 12.1 Å². The summed E-state index contributed by atoms with van der Waals surface area (Å²) in [5.41, 5.74) is -0.461. The highest BCUT2D eigenvalue weighted by molar-refractivity contribution is 5.92. The highest BCUT2D eigenvalue weighted by Crippen LogP contribution is 2.41. The molecule has 6 heteroatoms. The van der Waals surface area contributed by atoms with Gasteiger partial charge in [0.05, 0.1) is 25.5 Å². The first-order chi connectivity index (χ1) is 10.0. The van der Waals surface area contributed by atoms with Crippen LogP contribution in [0.2, 0.25) is 0 Å². The maximum atomic E-state index is 12.3. The Morgan fingerprint density at radius 1 is 1.29 bits per heavy atom. The number of carbonyl (C=O) groups excluding carboxylic acids is 2. The van der Waals surface area contributed by atoms with Crippen molar-refractivity contribution in [2.24, 2.45) is 0 Å². The molecule has 21 heavy (non-hydrogen) atoms. The Bertz CT molecular complexity index is 581. The number of nitrogens with zero attached hydrogens (tertiary/aromatic N) is 1. The molecule has 0 amide bonds. The fourth-order valence-electron chi connectivity index (χ4n) is 2.63. The largest absolute Gasteiger partial charge is 0.512 e. The second-order valence-corrected chi connectivity index (χ2v) is 4.88. The van der Waals surface area contributed by atoms with Gasteiger partial charge in [0.2, 0.25) is 0 Å². The van der Waals surface area contributed by atoms with E-state index in [1.807, 2.05) is 0 Å². The molecular weight excluding hydrogens is 274 g/mol. The lowest BCUT2D eigenvalue weighted by Gasteiger charge is -2.34. The number of hydrogen-bond donors (Lipinski definition) is 1. The molecule has 1 unspecified atom stereocenters. The van der Waals surface area contributed by atoms with Gasteiger partial charge in [-0.15, -0.1) is 0 Å². The zero-order chi connectivity index (χ0) is 15.5. The molecule has 0 saturated heterocycles. The van der Waals surface area contributed by atoms with Crippen LogP contribution in [0.25, 0.3) is 0 Å². The Hall–Kier alpha value is -2.37. The van der Waals surface area contributed by atoms with Crippen LogP contribution in [0.1, 0.15) is 25.0 Å². The third kappa shape index (κ3) is 2.61. The lowest BCUT2D eigenvalue weighted by Crippen LogP contribution is -2.41. The fourth-order valence-corrected chi connectivity index (χ4v) is 2.63. The van der Waals surface area contributed by atoms with Crippen molar-refractivity contribution in [3.63, 3.8) is 0 Å². The van der Waals surface area contributed by atoms with E-state index >= 15 is 0 Å². The summed E-state index contributed by atoms with van der Waals surface area (Å²) in [6.45, 7) is 0. The van der Waals surface area contributed by atoms with Gasteiger partial charge in [-0.1, -0.05) is 6.07 Å². The minimum absolute atomic E-state index is 0.00912. The van der Waals surface area contributed by atoms with Gasteiger partial charge in [0.15, 0.2) is 0 Å². The van der Waals surface area contributed by atoms with Crippen LogP contribution in [0.3, 0.4) is 0 Å². The summed E-state index contributed by atoms with van der Waals surface area (Å²) in [7, 11) is 2.53. The molecule has 0 fully saturated rings. The van der Waals surface area contributed by atoms with E-state index in [1.165, 1.54) is 14.2 Å². The summed E-state index contributed by atoms with van der Waals surface area (Å²) in [4.78, 5) is 28.4. The van der Waals surface area contributed by atoms with Gasteiger partial charge in [-0.05, 0) is 18.6 Å². The molecular formula is C15H17NO5. The van der Waals surface area contributed by atoms with Crippen LogP contribution in [-0.2, 0) is 24.5 Å². The van der Waals surface area contributed by atoms with Crippen LogP contribution < -0.4 is 0 Å². The molecule has 1 heterocycles. The first-order valence-electron chi connectivity index (χ1n) is 6.54. The van der Waals surface area contributed by atoms with Crippen molar-refractivity contribution >= 4 is 11.9 Å². The van der Waals surface area contributed by atoms with Gasteiger partial charge in [0.1, 0.15) is 11.2 Å². The summed E-state index contributed by atoms with van der Waals surface area (Å²) in [6.07, 6.45) is 2.10. The predicted octanol–water partition coefficient (Wildman–Crippen LogP) is 1.66. The lowest BCUT2D eigenvalue weighted by molar-refractivity contribution is -0.148. The minimum atomic E-state index is -1.08. The summed E-state index contributed by atoms with van der Waals surface area (Å²) >= 11 is 0. The number of aliphatic hydroxyl groups is 1. The Balaban J connectivity index is 2.50. The minimum Gasteiger partial charge on any atom is -0.512 e. The summed E-state index contributed by atoms with van der Waals surface area (Å²) in [5, 5.41) is 9.91. The zero-order valence-electron chi connectivity index (χ0n) is 12.0.